The number of piperidine rings is 1. The van der Waals surface area contributed by atoms with Crippen LogP contribution in [-0.2, 0) is 25.7 Å². The molecule has 3 heterocycles. The summed E-state index contributed by atoms with van der Waals surface area (Å²) in [5.41, 5.74) is 0.964. The number of rotatable bonds is 4. The fourth-order valence-electron chi connectivity index (χ4n) is 4.01. The van der Waals surface area contributed by atoms with E-state index < -0.39 is 18.0 Å². The third-order valence-corrected chi connectivity index (χ3v) is 5.49. The van der Waals surface area contributed by atoms with Crippen molar-refractivity contribution in [3.63, 3.8) is 0 Å². The lowest BCUT2D eigenvalue weighted by atomic mass is 9.81. The van der Waals surface area contributed by atoms with Crippen LogP contribution in [0.3, 0.4) is 0 Å². The Morgan fingerprint density at radius 1 is 1.14 bits per heavy atom. The highest BCUT2D eigenvalue weighted by Crippen LogP contribution is 2.27. The van der Waals surface area contributed by atoms with E-state index in [0.717, 1.165) is 5.56 Å². The molecule has 1 aromatic carbocycles. The number of nitrogens with zero attached hydrogens (tertiary/aromatic N) is 1. The van der Waals surface area contributed by atoms with E-state index in [2.05, 4.69) is 26.2 Å². The molecule has 3 amide bonds. The van der Waals surface area contributed by atoms with E-state index in [9.17, 15) is 14.4 Å². The predicted molar refractivity (Wildman–Crippen MR) is 99.3 cm³/mol. The summed E-state index contributed by atoms with van der Waals surface area (Å²) in [4.78, 5) is 39.9. The number of fused-ring (bicyclic) bond motifs is 1. The van der Waals surface area contributed by atoms with Crippen LogP contribution in [0.1, 0.15) is 12.0 Å². The number of benzene rings is 1. The zero-order valence-corrected chi connectivity index (χ0v) is 15.5. The first-order valence-electron chi connectivity index (χ1n) is 9.61. The van der Waals surface area contributed by atoms with Gasteiger partial charge >= 0.3 is 0 Å². The summed E-state index contributed by atoms with van der Waals surface area (Å²) >= 11 is 0. The fraction of sp³-hybridized carbons (Fsp3) is 0.526. The van der Waals surface area contributed by atoms with Gasteiger partial charge in [0.25, 0.3) is 0 Å². The van der Waals surface area contributed by atoms with Gasteiger partial charge in [-0.05, 0) is 5.56 Å². The maximum absolute atomic E-state index is 12.8. The SMILES string of the molecule is O=C1CC(C(=O)NCc2ccccc2)C2C(=O)NC(N3CCOCC3)NC2N1. The van der Waals surface area contributed by atoms with Crippen LogP contribution in [0.15, 0.2) is 30.3 Å². The lowest BCUT2D eigenvalue weighted by molar-refractivity contribution is -0.150. The van der Waals surface area contributed by atoms with E-state index in [1.54, 1.807) is 0 Å². The number of hydrogen-bond donors (Lipinski definition) is 4. The lowest BCUT2D eigenvalue weighted by Crippen LogP contribution is -2.75. The Morgan fingerprint density at radius 3 is 2.64 bits per heavy atom. The van der Waals surface area contributed by atoms with Crippen LogP contribution < -0.4 is 21.3 Å². The number of amides is 3. The Kier molecular flexibility index (Phi) is 5.56. The first kappa shape index (κ1) is 18.9. The molecule has 0 spiro atoms. The van der Waals surface area contributed by atoms with Crippen molar-refractivity contribution in [3.05, 3.63) is 35.9 Å². The van der Waals surface area contributed by atoms with Crippen LogP contribution in [0.2, 0.25) is 0 Å². The standard InChI is InChI=1S/C19H25N5O4/c25-14-10-13(17(26)20-11-12-4-2-1-3-5-12)15-16(21-14)22-19(23-18(15)27)24-6-8-28-9-7-24/h1-5,13,15-16,19,22H,6-11H2,(H,20,26)(H,21,25)(H,23,27). The van der Waals surface area contributed by atoms with Gasteiger partial charge in [-0.2, -0.15) is 0 Å². The third-order valence-electron chi connectivity index (χ3n) is 5.49. The minimum absolute atomic E-state index is 0.000882. The van der Waals surface area contributed by atoms with Gasteiger partial charge in [-0.1, -0.05) is 30.3 Å². The molecule has 3 fully saturated rings. The molecule has 1 aromatic rings. The molecule has 3 saturated heterocycles. The molecule has 9 heteroatoms. The van der Waals surface area contributed by atoms with Gasteiger partial charge < -0.3 is 20.7 Å². The maximum Gasteiger partial charge on any atom is 0.229 e. The summed E-state index contributed by atoms with van der Waals surface area (Å²) in [6.07, 6.45) is -0.960. The highest BCUT2D eigenvalue weighted by Gasteiger charge is 2.49. The van der Waals surface area contributed by atoms with Crippen molar-refractivity contribution in [2.45, 2.75) is 25.4 Å². The maximum atomic E-state index is 12.8. The normalized spacial score (nSPS) is 30.7. The highest BCUT2D eigenvalue weighted by molar-refractivity contribution is 5.94. The number of morpholine rings is 1. The van der Waals surface area contributed by atoms with Gasteiger partial charge in [0.1, 0.15) is 6.29 Å². The number of carbonyl (C=O) groups excluding carboxylic acids is 3. The second kappa shape index (κ2) is 8.26. The minimum atomic E-state index is -0.708. The molecule has 28 heavy (non-hydrogen) atoms. The van der Waals surface area contributed by atoms with E-state index in [4.69, 9.17) is 4.74 Å². The van der Waals surface area contributed by atoms with Crippen molar-refractivity contribution in [1.29, 1.82) is 0 Å². The smallest absolute Gasteiger partial charge is 0.229 e. The van der Waals surface area contributed by atoms with Gasteiger partial charge in [-0.3, -0.25) is 24.6 Å². The summed E-state index contributed by atoms with van der Waals surface area (Å²) in [6, 6.07) is 9.53. The topological polar surface area (TPSA) is 112 Å². The number of carbonyl (C=O) groups is 3. The number of nitrogens with one attached hydrogen (secondary N) is 4. The Labute approximate surface area is 163 Å². The molecule has 3 aliphatic rings. The predicted octanol–water partition coefficient (Wildman–Crippen LogP) is -1.28. The van der Waals surface area contributed by atoms with Crippen molar-refractivity contribution < 1.29 is 19.1 Å². The van der Waals surface area contributed by atoms with Crippen LogP contribution in [0, 0.1) is 11.8 Å². The monoisotopic (exact) mass is 387 g/mol. The van der Waals surface area contributed by atoms with Crippen LogP contribution >= 0.6 is 0 Å². The van der Waals surface area contributed by atoms with E-state index >= 15 is 0 Å². The molecule has 0 saturated carbocycles. The van der Waals surface area contributed by atoms with E-state index in [1.165, 1.54) is 0 Å². The van der Waals surface area contributed by atoms with E-state index in [-0.39, 0.29) is 30.4 Å². The molecule has 9 nitrogen and oxygen atoms in total. The molecule has 0 aliphatic carbocycles. The molecule has 4 N–H and O–H groups in total. The highest BCUT2D eigenvalue weighted by atomic mass is 16.5. The Balaban J connectivity index is 1.43. The van der Waals surface area contributed by atoms with Gasteiger partial charge in [-0.25, -0.2) is 0 Å². The van der Waals surface area contributed by atoms with Gasteiger partial charge in [-0.15, -0.1) is 0 Å². The summed E-state index contributed by atoms with van der Waals surface area (Å²) < 4.78 is 5.35. The van der Waals surface area contributed by atoms with Crippen molar-refractivity contribution in [2.24, 2.45) is 11.8 Å². The molecule has 4 atom stereocenters. The molecule has 0 bridgehead atoms. The molecule has 0 radical (unpaired) electrons. The lowest BCUT2D eigenvalue weighted by Gasteiger charge is -2.46. The van der Waals surface area contributed by atoms with Crippen molar-refractivity contribution in [2.75, 3.05) is 26.3 Å². The van der Waals surface area contributed by atoms with Crippen molar-refractivity contribution in [1.82, 2.24) is 26.2 Å². The first-order valence-corrected chi connectivity index (χ1v) is 9.61. The van der Waals surface area contributed by atoms with Crippen LogP contribution in [0.4, 0.5) is 0 Å². The molecular weight excluding hydrogens is 362 g/mol. The largest absolute Gasteiger partial charge is 0.379 e. The molecular formula is C19H25N5O4. The van der Waals surface area contributed by atoms with Gasteiger partial charge in [0.15, 0.2) is 0 Å². The molecule has 0 aromatic heterocycles. The Hall–Kier alpha value is -2.49. The summed E-state index contributed by atoms with van der Waals surface area (Å²) in [5.74, 6) is -2.09. The molecule has 4 rings (SSSR count). The first-order chi connectivity index (χ1) is 13.6. The van der Waals surface area contributed by atoms with Crippen molar-refractivity contribution in [3.8, 4) is 0 Å². The van der Waals surface area contributed by atoms with Crippen LogP contribution in [0.25, 0.3) is 0 Å². The van der Waals surface area contributed by atoms with Gasteiger partial charge in [0, 0.05) is 26.1 Å². The number of ether oxygens (including phenoxy) is 1. The Bertz CT molecular complexity index is 737. The zero-order valence-electron chi connectivity index (χ0n) is 15.5. The average molecular weight is 387 g/mol. The minimum Gasteiger partial charge on any atom is -0.379 e. The summed E-state index contributed by atoms with van der Waals surface area (Å²) in [7, 11) is 0. The molecule has 3 aliphatic heterocycles. The van der Waals surface area contributed by atoms with Gasteiger partial charge in [0.2, 0.25) is 17.7 Å². The zero-order chi connectivity index (χ0) is 19.5. The molecule has 4 unspecified atom stereocenters. The van der Waals surface area contributed by atoms with E-state index in [0.29, 0.717) is 32.8 Å². The average Bonchev–Trinajstić information content (AvgIpc) is 2.72. The van der Waals surface area contributed by atoms with Crippen molar-refractivity contribution >= 4 is 17.7 Å². The molecule has 150 valence electrons. The fourth-order valence-corrected chi connectivity index (χ4v) is 4.01. The third kappa shape index (κ3) is 4.01. The summed E-state index contributed by atoms with van der Waals surface area (Å²) in [5, 5.41) is 11.9. The van der Waals surface area contributed by atoms with Gasteiger partial charge in [0.05, 0.1) is 31.2 Å². The van der Waals surface area contributed by atoms with Crippen LogP contribution in [0.5, 0.6) is 0 Å². The second-order valence-corrected chi connectivity index (χ2v) is 7.31. The Morgan fingerprint density at radius 2 is 1.89 bits per heavy atom. The van der Waals surface area contributed by atoms with Crippen LogP contribution in [-0.4, -0.2) is 61.4 Å². The second-order valence-electron chi connectivity index (χ2n) is 7.31. The summed E-state index contributed by atoms with van der Waals surface area (Å²) in [6.45, 7) is 2.92. The van der Waals surface area contributed by atoms with E-state index in [1.807, 2.05) is 30.3 Å². The number of hydrogen-bond acceptors (Lipinski definition) is 6. The quantitative estimate of drug-likeness (QED) is 0.512.